The third-order valence-corrected chi connectivity index (χ3v) is 4.52. The van der Waals surface area contributed by atoms with Crippen molar-refractivity contribution >= 4 is 11.3 Å². The topological polar surface area (TPSA) is 12.0 Å². The van der Waals surface area contributed by atoms with Crippen molar-refractivity contribution in [3.05, 3.63) is 46.6 Å². The van der Waals surface area contributed by atoms with Crippen LogP contribution < -0.4 is 5.32 Å². The minimum absolute atomic E-state index is 0.139. The molecule has 1 aromatic carbocycles. The van der Waals surface area contributed by atoms with E-state index in [-0.39, 0.29) is 5.82 Å². The van der Waals surface area contributed by atoms with Crippen molar-refractivity contribution in [3.63, 3.8) is 0 Å². The maximum atomic E-state index is 13.3. The summed E-state index contributed by atoms with van der Waals surface area (Å²) < 4.78 is 13.3. The Morgan fingerprint density at radius 2 is 2.00 bits per heavy atom. The van der Waals surface area contributed by atoms with Crippen LogP contribution in [0.5, 0.6) is 0 Å². The van der Waals surface area contributed by atoms with Crippen molar-refractivity contribution in [1.29, 1.82) is 0 Å². The maximum Gasteiger partial charge on any atom is 0.126 e. The molecule has 0 bridgehead atoms. The van der Waals surface area contributed by atoms with Crippen molar-refractivity contribution in [1.82, 2.24) is 5.32 Å². The highest BCUT2D eigenvalue weighted by atomic mass is 32.1. The predicted molar refractivity (Wildman–Crippen MR) is 81.2 cm³/mol. The van der Waals surface area contributed by atoms with Gasteiger partial charge in [-0.25, -0.2) is 4.39 Å². The number of benzene rings is 1. The SMILES string of the molecule is CCNC(CC)c1ccc(-c2ccc(F)c(C)c2)s1. The van der Waals surface area contributed by atoms with Crippen molar-refractivity contribution in [2.24, 2.45) is 0 Å². The fourth-order valence-electron chi connectivity index (χ4n) is 2.19. The highest BCUT2D eigenvalue weighted by molar-refractivity contribution is 7.15. The van der Waals surface area contributed by atoms with E-state index >= 15 is 0 Å². The fraction of sp³-hybridized carbons (Fsp3) is 0.375. The Hall–Kier alpha value is -1.19. The first-order valence-electron chi connectivity index (χ1n) is 6.75. The Bertz CT molecular complexity index is 547. The third kappa shape index (κ3) is 3.23. The second-order valence-electron chi connectivity index (χ2n) is 4.68. The Kier molecular flexibility index (Phi) is 4.72. The van der Waals surface area contributed by atoms with E-state index in [0.717, 1.165) is 18.5 Å². The van der Waals surface area contributed by atoms with E-state index in [1.807, 2.05) is 12.1 Å². The van der Waals surface area contributed by atoms with Gasteiger partial charge in [-0.1, -0.05) is 19.9 Å². The van der Waals surface area contributed by atoms with Crippen LogP contribution in [0.3, 0.4) is 0 Å². The normalized spacial score (nSPS) is 12.6. The number of aryl methyl sites for hydroxylation is 1. The van der Waals surface area contributed by atoms with Crippen LogP contribution in [-0.2, 0) is 0 Å². The van der Waals surface area contributed by atoms with E-state index in [2.05, 4.69) is 31.3 Å². The van der Waals surface area contributed by atoms with E-state index in [9.17, 15) is 4.39 Å². The van der Waals surface area contributed by atoms with Gasteiger partial charge in [-0.3, -0.25) is 0 Å². The molecule has 1 atom stereocenters. The van der Waals surface area contributed by atoms with Crippen LogP contribution in [0.1, 0.15) is 36.8 Å². The lowest BCUT2D eigenvalue weighted by molar-refractivity contribution is 0.545. The smallest absolute Gasteiger partial charge is 0.126 e. The number of thiophene rings is 1. The van der Waals surface area contributed by atoms with Gasteiger partial charge < -0.3 is 5.32 Å². The number of rotatable bonds is 5. The van der Waals surface area contributed by atoms with E-state index in [1.165, 1.54) is 9.75 Å². The first-order valence-corrected chi connectivity index (χ1v) is 7.57. The fourth-order valence-corrected chi connectivity index (χ4v) is 3.35. The lowest BCUT2D eigenvalue weighted by Gasteiger charge is -2.13. The van der Waals surface area contributed by atoms with Crippen molar-refractivity contribution in [2.75, 3.05) is 6.54 Å². The van der Waals surface area contributed by atoms with Crippen molar-refractivity contribution < 1.29 is 4.39 Å². The van der Waals surface area contributed by atoms with Crippen LogP contribution in [0, 0.1) is 12.7 Å². The second kappa shape index (κ2) is 6.31. The van der Waals surface area contributed by atoms with Crippen LogP contribution in [0.4, 0.5) is 4.39 Å². The van der Waals surface area contributed by atoms with E-state index in [1.54, 1.807) is 24.3 Å². The van der Waals surface area contributed by atoms with Crippen molar-refractivity contribution in [3.8, 4) is 10.4 Å². The average Bonchev–Trinajstić information content (AvgIpc) is 2.88. The molecule has 1 nitrogen and oxygen atoms in total. The highest BCUT2D eigenvalue weighted by Crippen LogP contribution is 2.33. The molecule has 1 aromatic heterocycles. The quantitative estimate of drug-likeness (QED) is 0.817. The van der Waals surface area contributed by atoms with Gasteiger partial charge in [0, 0.05) is 15.8 Å². The summed E-state index contributed by atoms with van der Waals surface area (Å²) in [6.07, 6.45) is 1.08. The zero-order valence-electron chi connectivity index (χ0n) is 11.7. The van der Waals surface area contributed by atoms with Gasteiger partial charge in [-0.2, -0.15) is 0 Å². The standard InChI is InChI=1S/C16H20FNS/c1-4-14(18-5-2)16-9-8-15(19-16)12-6-7-13(17)11(3)10-12/h6-10,14,18H,4-5H2,1-3H3. The molecular weight excluding hydrogens is 257 g/mol. The first-order chi connectivity index (χ1) is 9.15. The van der Waals surface area contributed by atoms with Crippen LogP contribution in [0.25, 0.3) is 10.4 Å². The molecule has 102 valence electrons. The minimum Gasteiger partial charge on any atom is -0.310 e. The molecule has 3 heteroatoms. The molecule has 0 spiro atoms. The Balaban J connectivity index is 2.27. The second-order valence-corrected chi connectivity index (χ2v) is 5.80. The average molecular weight is 277 g/mol. The summed E-state index contributed by atoms with van der Waals surface area (Å²) in [5, 5.41) is 3.48. The van der Waals surface area contributed by atoms with Crippen molar-refractivity contribution in [2.45, 2.75) is 33.2 Å². The molecule has 1 N–H and O–H groups in total. The van der Waals surface area contributed by atoms with Gasteiger partial charge in [0.25, 0.3) is 0 Å². The summed E-state index contributed by atoms with van der Waals surface area (Å²) >= 11 is 1.79. The van der Waals surface area contributed by atoms with E-state index < -0.39 is 0 Å². The molecule has 0 saturated carbocycles. The van der Waals surface area contributed by atoms with Gasteiger partial charge in [0.05, 0.1) is 0 Å². The lowest BCUT2D eigenvalue weighted by atomic mass is 10.1. The molecule has 1 heterocycles. The number of nitrogens with one attached hydrogen (secondary N) is 1. The molecule has 2 rings (SSSR count). The van der Waals surface area contributed by atoms with Gasteiger partial charge >= 0.3 is 0 Å². The highest BCUT2D eigenvalue weighted by Gasteiger charge is 2.11. The number of halogens is 1. The Morgan fingerprint density at radius 1 is 1.21 bits per heavy atom. The molecular formula is C16H20FNS. The van der Waals surface area contributed by atoms with Crippen LogP contribution in [0.15, 0.2) is 30.3 Å². The van der Waals surface area contributed by atoms with Gasteiger partial charge in [-0.05, 0) is 55.3 Å². The van der Waals surface area contributed by atoms with Gasteiger partial charge in [0.2, 0.25) is 0 Å². The molecule has 0 amide bonds. The zero-order chi connectivity index (χ0) is 13.8. The maximum absolute atomic E-state index is 13.3. The zero-order valence-corrected chi connectivity index (χ0v) is 12.5. The third-order valence-electron chi connectivity index (χ3n) is 3.27. The predicted octanol–water partition coefficient (Wildman–Crippen LogP) is 4.92. The van der Waals surface area contributed by atoms with Gasteiger partial charge in [0.1, 0.15) is 5.82 Å². The molecule has 19 heavy (non-hydrogen) atoms. The molecule has 2 aromatic rings. The summed E-state index contributed by atoms with van der Waals surface area (Å²) in [6, 6.07) is 10.0. The summed E-state index contributed by atoms with van der Waals surface area (Å²) in [7, 11) is 0. The largest absolute Gasteiger partial charge is 0.310 e. The van der Waals surface area contributed by atoms with Gasteiger partial charge in [0.15, 0.2) is 0 Å². The molecule has 0 saturated heterocycles. The molecule has 1 unspecified atom stereocenters. The molecule has 0 aliphatic rings. The summed E-state index contributed by atoms with van der Waals surface area (Å²) in [5.74, 6) is -0.139. The molecule has 0 radical (unpaired) electrons. The van der Waals surface area contributed by atoms with E-state index in [0.29, 0.717) is 11.6 Å². The lowest BCUT2D eigenvalue weighted by Crippen LogP contribution is -2.18. The Morgan fingerprint density at radius 3 is 2.63 bits per heavy atom. The minimum atomic E-state index is -0.139. The first kappa shape index (κ1) is 14.2. The molecule has 0 fully saturated rings. The summed E-state index contributed by atoms with van der Waals surface area (Å²) in [5.41, 5.74) is 1.80. The molecule has 0 aliphatic heterocycles. The number of hydrogen-bond donors (Lipinski definition) is 1. The number of hydrogen-bond acceptors (Lipinski definition) is 2. The Labute approximate surface area is 118 Å². The monoisotopic (exact) mass is 277 g/mol. The van der Waals surface area contributed by atoms with Crippen LogP contribution >= 0.6 is 11.3 Å². The molecule has 0 aliphatic carbocycles. The summed E-state index contributed by atoms with van der Waals surface area (Å²) in [6.45, 7) is 7.09. The van der Waals surface area contributed by atoms with Gasteiger partial charge in [-0.15, -0.1) is 11.3 Å². The van der Waals surface area contributed by atoms with E-state index in [4.69, 9.17) is 0 Å². The summed E-state index contributed by atoms with van der Waals surface area (Å²) in [4.78, 5) is 2.55. The van der Waals surface area contributed by atoms with Crippen LogP contribution in [0.2, 0.25) is 0 Å². The van der Waals surface area contributed by atoms with Crippen LogP contribution in [-0.4, -0.2) is 6.54 Å².